The van der Waals surface area contributed by atoms with Crippen LogP contribution in [0.15, 0.2) is 12.1 Å². The van der Waals surface area contributed by atoms with E-state index in [-0.39, 0.29) is 62.6 Å². The topological polar surface area (TPSA) is 66.8 Å². The molecule has 0 saturated heterocycles. The number of halogens is 3. The van der Waals surface area contributed by atoms with Crippen LogP contribution >= 0.6 is 0 Å². The molecule has 0 aliphatic carbocycles. The van der Waals surface area contributed by atoms with E-state index in [1.165, 1.54) is 14.0 Å². The van der Waals surface area contributed by atoms with Gasteiger partial charge in [-0.15, -0.1) is 5.46 Å². The summed E-state index contributed by atoms with van der Waals surface area (Å²) in [5.41, 5.74) is -2.53. The number of anilines is 1. The summed E-state index contributed by atoms with van der Waals surface area (Å²) in [7, 11) is 1.23. The Morgan fingerprint density at radius 1 is 1.21 bits per heavy atom. The molecule has 0 spiro atoms. The van der Waals surface area contributed by atoms with Gasteiger partial charge in [-0.1, -0.05) is 12.1 Å². The van der Waals surface area contributed by atoms with Crippen molar-refractivity contribution >= 4 is 30.2 Å². The third-order valence-electron chi connectivity index (χ3n) is 3.04. The first kappa shape index (κ1) is 23.5. The van der Waals surface area contributed by atoms with Crippen molar-refractivity contribution in [1.82, 2.24) is 0 Å². The second-order valence-electron chi connectivity index (χ2n) is 6.13. The summed E-state index contributed by atoms with van der Waals surface area (Å²) < 4.78 is 44.1. The fourth-order valence-electron chi connectivity index (χ4n) is 1.91. The Morgan fingerprint density at radius 2 is 1.71 bits per heavy atom. The molecule has 0 aromatic heterocycles. The molecule has 0 aliphatic heterocycles. The normalized spacial score (nSPS) is 11.5. The van der Waals surface area contributed by atoms with Crippen LogP contribution in [0.2, 0.25) is 0 Å². The molecule has 1 N–H and O–H groups in total. The molecule has 0 radical (unpaired) electrons. The number of benzene rings is 1. The van der Waals surface area contributed by atoms with Gasteiger partial charge in [0.15, 0.2) is 0 Å². The van der Waals surface area contributed by atoms with Crippen LogP contribution in [0.4, 0.5) is 23.4 Å². The Hall–Kier alpha value is -0.549. The van der Waals surface area contributed by atoms with Crippen LogP contribution in [-0.4, -0.2) is 36.8 Å². The molecule has 10 heteroatoms. The molecular weight excluding hydrogens is 353 g/mol. The van der Waals surface area contributed by atoms with Gasteiger partial charge >= 0.3 is 70.4 Å². The van der Waals surface area contributed by atoms with Gasteiger partial charge in [-0.3, -0.25) is 4.90 Å². The number of ether oxygens (including phenoxy) is 1. The predicted molar refractivity (Wildman–Crippen MR) is 81.5 cm³/mol. The fraction of sp³-hybridized carbons (Fsp3) is 0.429. The van der Waals surface area contributed by atoms with Crippen molar-refractivity contribution in [3.63, 3.8) is 0 Å². The van der Waals surface area contributed by atoms with Gasteiger partial charge in [0, 0.05) is 12.7 Å². The van der Waals surface area contributed by atoms with E-state index in [2.05, 4.69) is 0 Å². The van der Waals surface area contributed by atoms with Gasteiger partial charge in [0.25, 0.3) is 0 Å². The number of carbonyl (C=O) groups is 2. The van der Waals surface area contributed by atoms with Crippen molar-refractivity contribution < 1.29 is 83.8 Å². The summed E-state index contributed by atoms with van der Waals surface area (Å²) in [5, 5.41) is 9.09. The molecule has 0 bridgehead atoms. The molecule has 24 heavy (non-hydrogen) atoms. The maximum atomic E-state index is 13.0. The van der Waals surface area contributed by atoms with Gasteiger partial charge in [0.1, 0.15) is 5.60 Å². The molecule has 1 aromatic carbocycles. The van der Waals surface area contributed by atoms with E-state index in [4.69, 9.17) is 9.84 Å². The third-order valence-corrected chi connectivity index (χ3v) is 3.04. The molecule has 0 atom stereocenters. The summed E-state index contributed by atoms with van der Waals surface area (Å²) >= 11 is 0. The van der Waals surface area contributed by atoms with Crippen molar-refractivity contribution in [3.8, 4) is 0 Å². The van der Waals surface area contributed by atoms with Crippen molar-refractivity contribution in [2.24, 2.45) is 0 Å². The standard InChI is InChI=1S/C14H18BF3NO4.K/c1-8-10(12(20)21)6-9(15(16,17)18)7-11(8)19(5)13(22)23-14(2,3)4;/h6-7H,1-5H3,(H,20,21);/q-1;+1. The van der Waals surface area contributed by atoms with Crippen LogP contribution in [0.3, 0.4) is 0 Å². The maximum absolute atomic E-state index is 13.0. The summed E-state index contributed by atoms with van der Waals surface area (Å²) in [4.78, 5) is 24.1. The molecule has 0 heterocycles. The molecule has 0 fully saturated rings. The molecular formula is C14H18BF3KNO4. The number of hydrogen-bond acceptors (Lipinski definition) is 3. The molecule has 1 amide bonds. The van der Waals surface area contributed by atoms with E-state index >= 15 is 0 Å². The first-order valence-corrected chi connectivity index (χ1v) is 6.78. The molecule has 1 rings (SSSR count). The molecule has 128 valence electrons. The van der Waals surface area contributed by atoms with Crippen molar-refractivity contribution in [2.45, 2.75) is 33.3 Å². The fourth-order valence-corrected chi connectivity index (χ4v) is 1.91. The SMILES string of the molecule is Cc1c(C(=O)O)cc([B-](F)(F)F)cc1N(C)C(=O)OC(C)(C)C.[K+]. The third kappa shape index (κ3) is 6.07. The second-order valence-corrected chi connectivity index (χ2v) is 6.13. The molecule has 0 unspecified atom stereocenters. The van der Waals surface area contributed by atoms with Crippen molar-refractivity contribution in [3.05, 3.63) is 23.3 Å². The van der Waals surface area contributed by atoms with E-state index in [0.29, 0.717) is 6.07 Å². The maximum Gasteiger partial charge on any atom is 1.00 e. The number of amides is 1. The van der Waals surface area contributed by atoms with E-state index < -0.39 is 35.7 Å². The number of nitrogens with zero attached hydrogens (tertiary/aromatic N) is 1. The summed E-state index contributed by atoms with van der Waals surface area (Å²) in [5.74, 6) is -1.50. The van der Waals surface area contributed by atoms with Gasteiger partial charge in [0.2, 0.25) is 0 Å². The van der Waals surface area contributed by atoms with Crippen LogP contribution in [0.5, 0.6) is 0 Å². The Kier molecular flexibility index (Phi) is 8.03. The number of carboxylic acids is 1. The summed E-state index contributed by atoms with van der Waals surface area (Å²) in [6, 6.07) is 1.33. The first-order chi connectivity index (χ1) is 10.2. The Bertz CT molecular complexity index is 644. The Labute approximate surface area is 181 Å². The van der Waals surface area contributed by atoms with Crippen LogP contribution in [-0.2, 0) is 4.74 Å². The van der Waals surface area contributed by atoms with Crippen LogP contribution in [0, 0.1) is 6.92 Å². The number of carboxylic acid groups (broad SMARTS) is 1. The molecule has 0 saturated carbocycles. The molecule has 0 aliphatic rings. The van der Waals surface area contributed by atoms with Gasteiger partial charge < -0.3 is 22.8 Å². The average molecular weight is 371 g/mol. The van der Waals surface area contributed by atoms with E-state index in [9.17, 15) is 22.5 Å². The monoisotopic (exact) mass is 371 g/mol. The zero-order valence-electron chi connectivity index (χ0n) is 14.5. The largest absolute Gasteiger partial charge is 1.00 e. The van der Waals surface area contributed by atoms with Gasteiger partial charge in [-0.25, -0.2) is 9.59 Å². The van der Waals surface area contributed by atoms with Gasteiger partial charge in [-0.2, -0.15) is 0 Å². The van der Waals surface area contributed by atoms with E-state index in [1.54, 1.807) is 20.8 Å². The number of hydrogen-bond donors (Lipinski definition) is 1. The van der Waals surface area contributed by atoms with E-state index in [0.717, 1.165) is 11.0 Å². The second kappa shape index (κ2) is 8.22. The minimum absolute atomic E-state index is 0. The van der Waals surface area contributed by atoms with Crippen LogP contribution in [0.1, 0.15) is 36.7 Å². The molecule has 1 aromatic rings. The Balaban J connectivity index is 0.00000529. The number of aromatic carboxylic acids is 1. The van der Waals surface area contributed by atoms with Gasteiger partial charge in [-0.05, 0) is 33.3 Å². The summed E-state index contributed by atoms with van der Waals surface area (Å²) in [6.07, 6.45) is -0.872. The Morgan fingerprint density at radius 3 is 2.08 bits per heavy atom. The van der Waals surface area contributed by atoms with Gasteiger partial charge in [0.05, 0.1) is 5.56 Å². The first-order valence-electron chi connectivity index (χ1n) is 6.78. The average Bonchev–Trinajstić information content (AvgIpc) is 2.34. The molecule has 5 nitrogen and oxygen atoms in total. The van der Waals surface area contributed by atoms with Crippen LogP contribution < -0.4 is 61.7 Å². The number of carbonyl (C=O) groups excluding carboxylic acids is 1. The quantitative estimate of drug-likeness (QED) is 0.767. The zero-order chi connectivity index (χ0) is 18.2. The zero-order valence-corrected chi connectivity index (χ0v) is 17.6. The van der Waals surface area contributed by atoms with Crippen molar-refractivity contribution in [1.29, 1.82) is 0 Å². The minimum atomic E-state index is -5.41. The van der Waals surface area contributed by atoms with E-state index in [1.807, 2.05) is 0 Å². The van der Waals surface area contributed by atoms with Crippen molar-refractivity contribution in [2.75, 3.05) is 11.9 Å². The van der Waals surface area contributed by atoms with Crippen LogP contribution in [0.25, 0.3) is 0 Å². The predicted octanol–water partition coefficient (Wildman–Crippen LogP) is 0.123. The summed E-state index contributed by atoms with van der Waals surface area (Å²) in [6.45, 7) is 0.774. The smallest absolute Gasteiger partial charge is 0.478 e. The minimum Gasteiger partial charge on any atom is -0.478 e. The number of rotatable bonds is 3.